The van der Waals surface area contributed by atoms with Gasteiger partial charge in [0.15, 0.2) is 0 Å². The highest BCUT2D eigenvalue weighted by Crippen LogP contribution is 2.15. The topological polar surface area (TPSA) is 73.1 Å². The van der Waals surface area contributed by atoms with E-state index in [0.29, 0.717) is 24.2 Å². The monoisotopic (exact) mass is 224 g/mol. The molecule has 0 radical (unpaired) electrons. The lowest BCUT2D eigenvalue weighted by molar-refractivity contribution is 0.279. The van der Waals surface area contributed by atoms with Crippen molar-refractivity contribution in [2.75, 3.05) is 24.2 Å². The van der Waals surface area contributed by atoms with Gasteiger partial charge in [0.1, 0.15) is 5.82 Å². The molecule has 90 valence electrons. The number of ether oxygens (including phenoxy) is 1. The number of nitrogens with one attached hydrogen (secondary N) is 1. The van der Waals surface area contributed by atoms with Crippen molar-refractivity contribution < 1.29 is 4.74 Å². The largest absolute Gasteiger partial charge is 0.477 e. The van der Waals surface area contributed by atoms with Crippen LogP contribution in [0.25, 0.3) is 0 Å². The molecule has 0 unspecified atom stereocenters. The second kappa shape index (κ2) is 6.15. The number of nitrogens with two attached hydrogens (primary N) is 1. The molecular formula is C11H20N4O. The summed E-state index contributed by atoms with van der Waals surface area (Å²) in [6.07, 6.45) is 1.00. The van der Waals surface area contributed by atoms with Gasteiger partial charge in [-0.05, 0) is 19.3 Å². The first-order chi connectivity index (χ1) is 7.61. The summed E-state index contributed by atoms with van der Waals surface area (Å²) in [5.41, 5.74) is 5.58. The summed E-state index contributed by atoms with van der Waals surface area (Å²) in [6.45, 7) is 7.75. The van der Waals surface area contributed by atoms with Crippen molar-refractivity contribution >= 4 is 11.8 Å². The Bertz CT molecular complexity index is 328. The molecule has 0 saturated carbocycles. The Morgan fingerprint density at radius 3 is 2.81 bits per heavy atom. The highest BCUT2D eigenvalue weighted by Gasteiger charge is 2.03. The number of aromatic nitrogens is 2. The highest BCUT2D eigenvalue weighted by atomic mass is 16.5. The second-order valence-electron chi connectivity index (χ2n) is 4.01. The van der Waals surface area contributed by atoms with E-state index in [1.54, 1.807) is 6.07 Å². The van der Waals surface area contributed by atoms with Gasteiger partial charge >= 0.3 is 0 Å². The molecule has 0 aliphatic heterocycles. The minimum atomic E-state index is 0.234. The van der Waals surface area contributed by atoms with Crippen molar-refractivity contribution in [3.8, 4) is 5.88 Å². The lowest BCUT2D eigenvalue weighted by atomic mass is 10.1. The van der Waals surface area contributed by atoms with Gasteiger partial charge in [0.25, 0.3) is 0 Å². The van der Waals surface area contributed by atoms with Crippen LogP contribution >= 0.6 is 0 Å². The number of nitrogens with zero attached hydrogens (tertiary/aromatic N) is 2. The van der Waals surface area contributed by atoms with E-state index in [4.69, 9.17) is 10.5 Å². The molecule has 1 heterocycles. The lowest BCUT2D eigenvalue weighted by Crippen LogP contribution is -2.07. The zero-order chi connectivity index (χ0) is 12.0. The molecule has 0 spiro atoms. The summed E-state index contributed by atoms with van der Waals surface area (Å²) in [5, 5.41) is 3.08. The molecule has 1 aromatic rings. The number of anilines is 2. The SMILES string of the molecule is CCNc1cc(OCCC(C)C)nc(N)n1. The van der Waals surface area contributed by atoms with Gasteiger partial charge < -0.3 is 15.8 Å². The smallest absolute Gasteiger partial charge is 0.225 e. The molecule has 16 heavy (non-hydrogen) atoms. The fraction of sp³-hybridized carbons (Fsp3) is 0.636. The minimum Gasteiger partial charge on any atom is -0.477 e. The van der Waals surface area contributed by atoms with E-state index in [9.17, 15) is 0 Å². The molecule has 5 nitrogen and oxygen atoms in total. The quantitative estimate of drug-likeness (QED) is 0.772. The third-order valence-electron chi connectivity index (χ3n) is 2.02. The Balaban J connectivity index is 2.58. The average Bonchev–Trinajstić information content (AvgIpc) is 2.16. The number of nitrogen functional groups attached to an aromatic ring is 1. The molecule has 0 saturated heterocycles. The molecule has 0 amide bonds. The highest BCUT2D eigenvalue weighted by molar-refractivity contribution is 5.42. The third-order valence-corrected chi connectivity index (χ3v) is 2.02. The second-order valence-corrected chi connectivity index (χ2v) is 4.01. The van der Waals surface area contributed by atoms with Crippen LogP contribution in [0.2, 0.25) is 0 Å². The molecule has 3 N–H and O–H groups in total. The van der Waals surface area contributed by atoms with Gasteiger partial charge in [-0.1, -0.05) is 13.8 Å². The Morgan fingerprint density at radius 2 is 2.19 bits per heavy atom. The van der Waals surface area contributed by atoms with E-state index in [0.717, 1.165) is 13.0 Å². The number of rotatable bonds is 6. The molecule has 0 aliphatic carbocycles. The van der Waals surface area contributed by atoms with Gasteiger partial charge in [0.05, 0.1) is 6.61 Å². The van der Waals surface area contributed by atoms with Gasteiger partial charge in [0.2, 0.25) is 11.8 Å². The van der Waals surface area contributed by atoms with Crippen molar-refractivity contribution in [1.82, 2.24) is 9.97 Å². The molecule has 0 fully saturated rings. The molecular weight excluding hydrogens is 204 g/mol. The molecule has 0 bridgehead atoms. The summed E-state index contributed by atoms with van der Waals surface area (Å²) >= 11 is 0. The first-order valence-electron chi connectivity index (χ1n) is 5.63. The van der Waals surface area contributed by atoms with Crippen LogP contribution in [0.1, 0.15) is 27.2 Å². The van der Waals surface area contributed by atoms with Crippen molar-refractivity contribution in [2.24, 2.45) is 5.92 Å². The standard InChI is InChI=1S/C11H20N4O/c1-4-13-9-7-10(15-11(12)14-9)16-6-5-8(2)3/h7-8H,4-6H2,1-3H3,(H3,12,13,14,15). The summed E-state index contributed by atoms with van der Waals surface area (Å²) in [6, 6.07) is 1.76. The normalized spacial score (nSPS) is 10.5. The predicted molar refractivity (Wildman–Crippen MR) is 65.6 cm³/mol. The van der Waals surface area contributed by atoms with E-state index < -0.39 is 0 Å². The zero-order valence-electron chi connectivity index (χ0n) is 10.2. The maximum atomic E-state index is 5.58. The first kappa shape index (κ1) is 12.5. The maximum Gasteiger partial charge on any atom is 0.225 e. The van der Waals surface area contributed by atoms with E-state index in [1.807, 2.05) is 6.92 Å². The van der Waals surface area contributed by atoms with Crippen LogP contribution in [-0.4, -0.2) is 23.1 Å². The molecule has 0 aromatic carbocycles. The van der Waals surface area contributed by atoms with Crippen molar-refractivity contribution in [1.29, 1.82) is 0 Å². The number of hydrogen-bond acceptors (Lipinski definition) is 5. The van der Waals surface area contributed by atoms with Crippen molar-refractivity contribution in [3.63, 3.8) is 0 Å². The molecule has 0 aliphatic rings. The number of hydrogen-bond donors (Lipinski definition) is 2. The van der Waals surface area contributed by atoms with Crippen LogP contribution in [-0.2, 0) is 0 Å². The summed E-state index contributed by atoms with van der Waals surface area (Å²) in [4.78, 5) is 8.06. The van der Waals surface area contributed by atoms with Gasteiger partial charge in [-0.2, -0.15) is 9.97 Å². The lowest BCUT2D eigenvalue weighted by Gasteiger charge is -2.09. The Labute approximate surface area is 96.4 Å². The first-order valence-corrected chi connectivity index (χ1v) is 5.63. The van der Waals surface area contributed by atoms with Gasteiger partial charge in [-0.15, -0.1) is 0 Å². The Morgan fingerprint density at radius 1 is 1.44 bits per heavy atom. The molecule has 1 aromatic heterocycles. The van der Waals surface area contributed by atoms with Gasteiger partial charge in [0, 0.05) is 12.6 Å². The van der Waals surface area contributed by atoms with Gasteiger partial charge in [-0.3, -0.25) is 0 Å². The summed E-state index contributed by atoms with van der Waals surface area (Å²) < 4.78 is 5.51. The zero-order valence-corrected chi connectivity index (χ0v) is 10.2. The van der Waals surface area contributed by atoms with Crippen LogP contribution < -0.4 is 15.8 Å². The van der Waals surface area contributed by atoms with Crippen LogP contribution in [0.3, 0.4) is 0 Å². The van der Waals surface area contributed by atoms with Crippen LogP contribution in [0.5, 0.6) is 5.88 Å². The van der Waals surface area contributed by atoms with E-state index >= 15 is 0 Å². The Hall–Kier alpha value is -1.52. The molecule has 5 heteroatoms. The maximum absolute atomic E-state index is 5.58. The van der Waals surface area contributed by atoms with E-state index in [1.165, 1.54) is 0 Å². The molecule has 1 rings (SSSR count). The Kier molecular flexibility index (Phi) is 4.82. The fourth-order valence-electron chi connectivity index (χ4n) is 1.19. The summed E-state index contributed by atoms with van der Waals surface area (Å²) in [5.74, 6) is 2.09. The van der Waals surface area contributed by atoms with E-state index in [-0.39, 0.29) is 5.95 Å². The molecule has 0 atom stereocenters. The summed E-state index contributed by atoms with van der Waals surface area (Å²) in [7, 11) is 0. The minimum absolute atomic E-state index is 0.234. The third kappa shape index (κ3) is 4.33. The average molecular weight is 224 g/mol. The van der Waals surface area contributed by atoms with Crippen molar-refractivity contribution in [2.45, 2.75) is 27.2 Å². The van der Waals surface area contributed by atoms with Crippen LogP contribution in [0.4, 0.5) is 11.8 Å². The van der Waals surface area contributed by atoms with Gasteiger partial charge in [-0.25, -0.2) is 0 Å². The van der Waals surface area contributed by atoms with Crippen LogP contribution in [0, 0.1) is 5.92 Å². The van der Waals surface area contributed by atoms with Crippen molar-refractivity contribution in [3.05, 3.63) is 6.07 Å². The predicted octanol–water partition coefficient (Wildman–Crippen LogP) is 1.92. The van der Waals surface area contributed by atoms with E-state index in [2.05, 4.69) is 29.1 Å². The fourth-order valence-corrected chi connectivity index (χ4v) is 1.19. The van der Waals surface area contributed by atoms with Crippen LogP contribution in [0.15, 0.2) is 6.07 Å².